The minimum atomic E-state index is -0.179. The number of amides is 2. The average molecular weight is 505 g/mol. The van der Waals surface area contributed by atoms with Crippen LogP contribution < -0.4 is 9.47 Å². The second-order valence-corrected chi connectivity index (χ2v) is 10.6. The van der Waals surface area contributed by atoms with Crippen molar-refractivity contribution >= 4 is 23.2 Å². The van der Waals surface area contributed by atoms with Gasteiger partial charge in [-0.05, 0) is 78.9 Å². The van der Waals surface area contributed by atoms with Crippen LogP contribution in [0.4, 0.5) is 0 Å². The molecule has 7 heteroatoms. The molecule has 2 aromatic carbocycles. The smallest absolute Gasteiger partial charge is 0.254 e. The number of aryl methyl sites for hydroxylation is 1. The minimum Gasteiger partial charge on any atom is -0.497 e. The predicted octanol–water partition coefficient (Wildman–Crippen LogP) is 5.12. The van der Waals surface area contributed by atoms with Crippen LogP contribution in [0.5, 0.6) is 11.5 Å². The van der Waals surface area contributed by atoms with Crippen LogP contribution in [0, 0.1) is 12.8 Å². The number of rotatable bonds is 9. The van der Waals surface area contributed by atoms with Crippen LogP contribution in [0.1, 0.15) is 45.2 Å². The van der Waals surface area contributed by atoms with Gasteiger partial charge in [0.15, 0.2) is 0 Å². The summed E-state index contributed by atoms with van der Waals surface area (Å²) in [6.07, 6.45) is 3.03. The number of para-hydroxylation sites is 1. The van der Waals surface area contributed by atoms with Gasteiger partial charge in [-0.25, -0.2) is 0 Å². The van der Waals surface area contributed by atoms with E-state index in [1.54, 1.807) is 35.5 Å². The number of benzene rings is 2. The van der Waals surface area contributed by atoms with E-state index in [4.69, 9.17) is 9.47 Å². The molecule has 36 heavy (non-hydrogen) atoms. The van der Waals surface area contributed by atoms with Crippen molar-refractivity contribution in [3.05, 3.63) is 81.5 Å². The molecule has 2 aliphatic rings. The maximum Gasteiger partial charge on any atom is 0.254 e. The molecule has 1 fully saturated rings. The summed E-state index contributed by atoms with van der Waals surface area (Å²) >= 11 is 1.73. The van der Waals surface area contributed by atoms with Crippen LogP contribution in [0.3, 0.4) is 0 Å². The van der Waals surface area contributed by atoms with Crippen LogP contribution in [0.25, 0.3) is 0 Å². The van der Waals surface area contributed by atoms with Crippen molar-refractivity contribution in [2.45, 2.75) is 32.2 Å². The van der Waals surface area contributed by atoms with Gasteiger partial charge in [0.1, 0.15) is 24.7 Å². The topological polar surface area (TPSA) is 59.1 Å². The summed E-state index contributed by atoms with van der Waals surface area (Å²) in [5.41, 5.74) is 2.76. The van der Waals surface area contributed by atoms with Gasteiger partial charge in [-0.3, -0.25) is 9.59 Å². The lowest BCUT2D eigenvalue weighted by Crippen LogP contribution is -2.48. The van der Waals surface area contributed by atoms with Crippen molar-refractivity contribution in [3.8, 4) is 11.5 Å². The second kappa shape index (κ2) is 10.7. The Bertz CT molecular complexity index is 1240. The zero-order valence-corrected chi connectivity index (χ0v) is 21.6. The molecule has 188 valence electrons. The molecule has 1 aliphatic carbocycles. The Balaban J connectivity index is 1.35. The van der Waals surface area contributed by atoms with E-state index in [9.17, 15) is 9.59 Å². The van der Waals surface area contributed by atoms with Gasteiger partial charge in [0.2, 0.25) is 5.91 Å². The van der Waals surface area contributed by atoms with Gasteiger partial charge in [0.25, 0.3) is 5.91 Å². The number of nitrogens with zero attached hydrogens (tertiary/aromatic N) is 2. The Kier molecular flexibility index (Phi) is 7.28. The Labute approximate surface area is 216 Å². The summed E-state index contributed by atoms with van der Waals surface area (Å²) in [7, 11) is 1.59. The van der Waals surface area contributed by atoms with Crippen LogP contribution in [-0.2, 0) is 11.2 Å². The molecule has 1 atom stereocenters. The monoisotopic (exact) mass is 504 g/mol. The van der Waals surface area contributed by atoms with E-state index in [2.05, 4.69) is 11.4 Å². The summed E-state index contributed by atoms with van der Waals surface area (Å²) < 4.78 is 11.5. The Morgan fingerprint density at radius 1 is 1.11 bits per heavy atom. The molecule has 3 aromatic rings. The van der Waals surface area contributed by atoms with E-state index >= 15 is 0 Å². The lowest BCUT2D eigenvalue weighted by molar-refractivity contribution is -0.135. The van der Waals surface area contributed by atoms with Gasteiger partial charge in [-0.2, -0.15) is 0 Å². The first kappa shape index (κ1) is 24.4. The summed E-state index contributed by atoms with van der Waals surface area (Å²) in [4.78, 5) is 32.1. The van der Waals surface area contributed by atoms with Gasteiger partial charge in [-0.1, -0.05) is 24.3 Å². The van der Waals surface area contributed by atoms with Crippen LogP contribution in [-0.4, -0.2) is 55.0 Å². The fourth-order valence-electron chi connectivity index (χ4n) is 4.79. The molecular weight excluding hydrogens is 472 g/mol. The van der Waals surface area contributed by atoms with Crippen molar-refractivity contribution in [3.63, 3.8) is 0 Å². The molecule has 2 heterocycles. The molecule has 0 spiro atoms. The van der Waals surface area contributed by atoms with Gasteiger partial charge < -0.3 is 19.3 Å². The molecule has 0 radical (unpaired) electrons. The molecule has 1 saturated carbocycles. The van der Waals surface area contributed by atoms with Gasteiger partial charge in [-0.15, -0.1) is 11.3 Å². The van der Waals surface area contributed by atoms with Crippen molar-refractivity contribution in [2.75, 3.05) is 33.4 Å². The highest BCUT2D eigenvalue weighted by Gasteiger charge is 2.35. The summed E-state index contributed by atoms with van der Waals surface area (Å²) in [5.74, 6) is 1.76. The summed E-state index contributed by atoms with van der Waals surface area (Å²) in [6, 6.07) is 17.0. The third-order valence-corrected chi connectivity index (χ3v) is 8.01. The number of hydrogen-bond donors (Lipinski definition) is 0. The van der Waals surface area contributed by atoms with E-state index in [1.807, 2.05) is 48.2 Å². The van der Waals surface area contributed by atoms with Gasteiger partial charge >= 0.3 is 0 Å². The van der Waals surface area contributed by atoms with Crippen LogP contribution in [0.2, 0.25) is 0 Å². The van der Waals surface area contributed by atoms with Crippen molar-refractivity contribution in [1.82, 2.24) is 9.80 Å². The number of carbonyl (C=O) groups is 2. The highest BCUT2D eigenvalue weighted by atomic mass is 32.1. The average Bonchev–Trinajstić information content (AvgIpc) is 3.59. The summed E-state index contributed by atoms with van der Waals surface area (Å²) in [5, 5.41) is 2.09. The van der Waals surface area contributed by atoms with Crippen LogP contribution in [0.15, 0.2) is 60.0 Å². The molecule has 2 amide bonds. The van der Waals surface area contributed by atoms with Crippen molar-refractivity contribution < 1.29 is 19.1 Å². The van der Waals surface area contributed by atoms with Gasteiger partial charge in [0, 0.05) is 23.5 Å². The molecule has 6 nitrogen and oxygen atoms in total. The fourth-order valence-corrected chi connectivity index (χ4v) is 5.71. The normalized spacial score (nSPS) is 16.8. The molecule has 1 aliphatic heterocycles. The first-order chi connectivity index (χ1) is 17.5. The van der Waals surface area contributed by atoms with Gasteiger partial charge in [0.05, 0.1) is 13.2 Å². The fraction of sp³-hybridized carbons (Fsp3) is 0.379. The Morgan fingerprint density at radius 2 is 1.94 bits per heavy atom. The first-order valence-corrected chi connectivity index (χ1v) is 13.4. The molecule has 0 bridgehead atoms. The number of hydrogen-bond acceptors (Lipinski definition) is 5. The molecule has 1 aromatic heterocycles. The maximum atomic E-state index is 13.7. The zero-order chi connectivity index (χ0) is 25.1. The third-order valence-electron chi connectivity index (χ3n) is 7.01. The largest absolute Gasteiger partial charge is 0.497 e. The van der Waals surface area contributed by atoms with E-state index < -0.39 is 0 Å². The minimum absolute atomic E-state index is 0.0397. The molecular formula is C29H32N2O4S. The van der Waals surface area contributed by atoms with E-state index in [-0.39, 0.29) is 24.4 Å². The van der Waals surface area contributed by atoms with E-state index in [0.717, 1.165) is 36.1 Å². The molecule has 0 unspecified atom stereocenters. The first-order valence-electron chi connectivity index (χ1n) is 12.5. The van der Waals surface area contributed by atoms with Crippen molar-refractivity contribution in [2.24, 2.45) is 5.92 Å². The lowest BCUT2D eigenvalue weighted by Gasteiger charge is -2.37. The lowest BCUT2D eigenvalue weighted by atomic mass is 10.00. The molecule has 5 rings (SSSR count). The Morgan fingerprint density at radius 3 is 2.72 bits per heavy atom. The number of thiophene rings is 1. The second-order valence-electron chi connectivity index (χ2n) is 9.59. The van der Waals surface area contributed by atoms with Crippen LogP contribution >= 0.6 is 11.3 Å². The predicted molar refractivity (Wildman–Crippen MR) is 141 cm³/mol. The number of fused-ring (bicyclic) bond motifs is 1. The quantitative estimate of drug-likeness (QED) is 0.406. The number of ether oxygens (including phenoxy) is 2. The Hall–Kier alpha value is -3.32. The zero-order valence-electron chi connectivity index (χ0n) is 20.8. The highest BCUT2D eigenvalue weighted by Crippen LogP contribution is 2.35. The SMILES string of the molecule is COc1cccc(C(=O)N(CC(=O)N2CCc3sccc3[C@@H]2COc2ccccc2C)CC2CC2)c1. The molecule has 0 N–H and O–H groups in total. The summed E-state index contributed by atoms with van der Waals surface area (Å²) in [6.45, 7) is 3.69. The van der Waals surface area contributed by atoms with Crippen molar-refractivity contribution in [1.29, 1.82) is 0 Å². The maximum absolute atomic E-state index is 13.7. The number of carbonyl (C=O) groups excluding carboxylic acids is 2. The standard InChI is InChI=1S/C29H32N2O4S/c1-20-6-3-4-9-26(20)35-19-25-24-13-15-36-27(24)12-14-31(25)28(32)18-30(17-21-10-11-21)29(33)22-7-5-8-23(16-22)34-2/h3-9,13,15-16,21,25H,10-12,14,17-19H2,1-2H3/t25-/m0/s1. The van der Waals surface area contributed by atoms with E-state index in [0.29, 0.717) is 36.9 Å². The van der Waals surface area contributed by atoms with E-state index in [1.165, 1.54) is 4.88 Å². The third kappa shape index (κ3) is 5.41. The highest BCUT2D eigenvalue weighted by molar-refractivity contribution is 7.10. The number of methoxy groups -OCH3 is 1. The molecule has 0 saturated heterocycles.